The molecule has 0 fully saturated rings. The molecular formula is C11H10Cl2N2OS2. The summed E-state index contributed by atoms with van der Waals surface area (Å²) in [6.07, 6.45) is 0. The van der Waals surface area contributed by atoms with Crippen molar-refractivity contribution in [2.75, 3.05) is 23.4 Å². The number of nitrogens with one attached hydrogen (secondary N) is 1. The van der Waals surface area contributed by atoms with Gasteiger partial charge in [-0.25, -0.2) is 0 Å². The van der Waals surface area contributed by atoms with Crippen LogP contribution in [0.5, 0.6) is 0 Å². The van der Waals surface area contributed by atoms with Crippen molar-refractivity contribution < 1.29 is 4.79 Å². The van der Waals surface area contributed by atoms with Crippen LogP contribution >= 0.6 is 46.7 Å². The number of hydrogen-bond acceptors (Lipinski definition) is 4. The van der Waals surface area contributed by atoms with E-state index >= 15 is 0 Å². The Hall–Kier alpha value is -0.360. The van der Waals surface area contributed by atoms with E-state index in [2.05, 4.69) is 10.3 Å². The molecule has 1 heterocycles. The van der Waals surface area contributed by atoms with E-state index in [1.165, 1.54) is 11.8 Å². The van der Waals surface area contributed by atoms with Gasteiger partial charge in [-0.15, -0.1) is 0 Å². The molecule has 2 rings (SSSR count). The van der Waals surface area contributed by atoms with E-state index in [-0.39, 0.29) is 5.91 Å². The van der Waals surface area contributed by atoms with Crippen molar-refractivity contribution in [3.8, 4) is 0 Å². The summed E-state index contributed by atoms with van der Waals surface area (Å²) >= 11 is 15.0. The van der Waals surface area contributed by atoms with Crippen LogP contribution in [0.3, 0.4) is 0 Å². The molecule has 0 saturated heterocycles. The van der Waals surface area contributed by atoms with Gasteiger partial charge in [-0.1, -0.05) is 52.8 Å². The van der Waals surface area contributed by atoms with Gasteiger partial charge in [0.15, 0.2) is 0 Å². The molecule has 7 heteroatoms. The molecule has 0 saturated carbocycles. The summed E-state index contributed by atoms with van der Waals surface area (Å²) < 4.78 is 0.968. The van der Waals surface area contributed by atoms with Gasteiger partial charge < -0.3 is 5.32 Å². The summed E-state index contributed by atoms with van der Waals surface area (Å²) in [5, 5.41) is 3.59. The lowest BCUT2D eigenvalue weighted by molar-refractivity contribution is -0.113. The standard InChI is InChI=1S/C11H10Cl2N2OS2/c12-7-2-1-3-8(13)10(7)15-9(16)6-18-11-14-4-5-17-11/h1-3H,4-6H2,(H,15,16). The molecule has 1 N–H and O–H groups in total. The zero-order valence-corrected chi connectivity index (χ0v) is 12.4. The van der Waals surface area contributed by atoms with Crippen LogP contribution in [0, 0.1) is 0 Å². The van der Waals surface area contributed by atoms with Crippen LogP contribution in [0.4, 0.5) is 5.69 Å². The number of aliphatic imine (C=N–C) groups is 1. The summed E-state index contributed by atoms with van der Waals surface area (Å²) in [5.74, 6) is 1.18. The van der Waals surface area contributed by atoms with Gasteiger partial charge >= 0.3 is 0 Å². The third kappa shape index (κ3) is 3.82. The van der Waals surface area contributed by atoms with E-state index in [4.69, 9.17) is 23.2 Å². The van der Waals surface area contributed by atoms with Crippen molar-refractivity contribution in [1.82, 2.24) is 0 Å². The van der Waals surface area contributed by atoms with Gasteiger partial charge in [-0.05, 0) is 12.1 Å². The van der Waals surface area contributed by atoms with Crippen LogP contribution in [0.25, 0.3) is 0 Å². The number of para-hydroxylation sites is 1. The second-order valence-corrected chi connectivity index (χ2v) is 6.55. The summed E-state index contributed by atoms with van der Waals surface area (Å²) in [6, 6.07) is 5.11. The maximum atomic E-state index is 11.8. The lowest BCUT2D eigenvalue weighted by atomic mass is 10.3. The minimum absolute atomic E-state index is 0.134. The molecule has 0 atom stereocenters. The SMILES string of the molecule is O=C(CSC1=NCCS1)Nc1c(Cl)cccc1Cl. The average molecular weight is 321 g/mol. The van der Waals surface area contributed by atoms with Crippen molar-refractivity contribution in [3.63, 3.8) is 0 Å². The number of rotatable bonds is 3. The molecule has 0 radical (unpaired) electrons. The minimum atomic E-state index is -0.134. The van der Waals surface area contributed by atoms with Gasteiger partial charge in [0, 0.05) is 5.75 Å². The quantitative estimate of drug-likeness (QED) is 0.921. The molecule has 1 aromatic rings. The number of carbonyl (C=O) groups is 1. The molecule has 1 aromatic carbocycles. The Morgan fingerprint density at radius 3 is 2.78 bits per heavy atom. The molecule has 1 aliphatic heterocycles. The van der Waals surface area contributed by atoms with Crippen molar-refractivity contribution >= 4 is 62.7 Å². The molecule has 18 heavy (non-hydrogen) atoms. The van der Waals surface area contributed by atoms with Crippen LogP contribution in [0.2, 0.25) is 10.0 Å². The highest BCUT2D eigenvalue weighted by atomic mass is 35.5. The van der Waals surface area contributed by atoms with Gasteiger partial charge in [0.1, 0.15) is 4.38 Å². The normalized spacial score (nSPS) is 14.4. The number of benzene rings is 1. The Labute approximate surface area is 124 Å². The number of halogens is 2. The Kier molecular flexibility index (Phi) is 5.24. The third-order valence-electron chi connectivity index (χ3n) is 2.11. The van der Waals surface area contributed by atoms with Gasteiger partial charge in [-0.2, -0.15) is 0 Å². The largest absolute Gasteiger partial charge is 0.323 e. The third-order valence-corrected chi connectivity index (χ3v) is 4.99. The topological polar surface area (TPSA) is 41.5 Å². The molecule has 1 amide bonds. The number of anilines is 1. The molecule has 0 bridgehead atoms. The highest BCUT2D eigenvalue weighted by molar-refractivity contribution is 8.39. The number of thioether (sulfide) groups is 2. The fourth-order valence-electron chi connectivity index (χ4n) is 1.32. The predicted octanol–water partition coefficient (Wildman–Crippen LogP) is 3.77. The molecule has 96 valence electrons. The molecule has 1 aliphatic rings. The molecule has 0 aromatic heterocycles. The van der Waals surface area contributed by atoms with Crippen LogP contribution in [-0.4, -0.2) is 28.3 Å². The molecule has 0 spiro atoms. The maximum absolute atomic E-state index is 11.8. The van der Waals surface area contributed by atoms with Gasteiger partial charge in [0.25, 0.3) is 0 Å². The highest BCUT2D eigenvalue weighted by Crippen LogP contribution is 2.30. The van der Waals surface area contributed by atoms with E-state index in [0.29, 0.717) is 21.5 Å². The van der Waals surface area contributed by atoms with Crippen molar-refractivity contribution in [1.29, 1.82) is 0 Å². The summed E-state index contributed by atoms with van der Waals surface area (Å²) in [6.45, 7) is 0.838. The fourth-order valence-corrected chi connectivity index (χ4v) is 3.62. The number of amides is 1. The maximum Gasteiger partial charge on any atom is 0.234 e. The minimum Gasteiger partial charge on any atom is -0.323 e. The van der Waals surface area contributed by atoms with Crippen LogP contribution in [0.15, 0.2) is 23.2 Å². The van der Waals surface area contributed by atoms with Gasteiger partial charge in [0.05, 0.1) is 28.0 Å². The lowest BCUT2D eigenvalue weighted by Crippen LogP contribution is -2.15. The zero-order valence-electron chi connectivity index (χ0n) is 9.28. The molecule has 3 nitrogen and oxygen atoms in total. The fraction of sp³-hybridized carbons (Fsp3) is 0.273. The first kappa shape index (κ1) is 14.1. The average Bonchev–Trinajstić information content (AvgIpc) is 2.84. The van der Waals surface area contributed by atoms with Crippen LogP contribution in [-0.2, 0) is 4.79 Å². The van der Waals surface area contributed by atoms with E-state index in [1.807, 2.05) is 0 Å². The summed E-state index contributed by atoms with van der Waals surface area (Å²) in [5.41, 5.74) is 0.465. The van der Waals surface area contributed by atoms with Gasteiger partial charge in [-0.3, -0.25) is 9.79 Å². The van der Waals surface area contributed by atoms with Crippen molar-refractivity contribution in [3.05, 3.63) is 28.2 Å². The summed E-state index contributed by atoms with van der Waals surface area (Å²) in [7, 11) is 0. The van der Waals surface area contributed by atoms with E-state index in [0.717, 1.165) is 16.7 Å². The van der Waals surface area contributed by atoms with Gasteiger partial charge in [0.2, 0.25) is 5.91 Å². The van der Waals surface area contributed by atoms with E-state index in [9.17, 15) is 4.79 Å². The number of carbonyl (C=O) groups excluding carboxylic acids is 1. The first-order chi connectivity index (χ1) is 8.66. The second-order valence-electron chi connectivity index (χ2n) is 3.43. The zero-order chi connectivity index (χ0) is 13.0. The van der Waals surface area contributed by atoms with E-state index < -0.39 is 0 Å². The number of hydrogen-bond donors (Lipinski definition) is 1. The second kappa shape index (κ2) is 6.70. The van der Waals surface area contributed by atoms with E-state index in [1.54, 1.807) is 30.0 Å². The molecular weight excluding hydrogens is 311 g/mol. The molecule has 0 unspecified atom stereocenters. The Morgan fingerprint density at radius 2 is 2.17 bits per heavy atom. The van der Waals surface area contributed by atoms with Crippen LogP contribution in [0.1, 0.15) is 0 Å². The van der Waals surface area contributed by atoms with Crippen LogP contribution < -0.4 is 5.32 Å². The first-order valence-corrected chi connectivity index (χ1v) is 7.93. The lowest BCUT2D eigenvalue weighted by Gasteiger charge is -2.08. The smallest absolute Gasteiger partial charge is 0.234 e. The number of nitrogens with zero attached hydrogens (tertiary/aromatic N) is 1. The molecule has 0 aliphatic carbocycles. The predicted molar refractivity (Wildman–Crippen MR) is 82.3 cm³/mol. The monoisotopic (exact) mass is 320 g/mol. The highest BCUT2D eigenvalue weighted by Gasteiger charge is 2.13. The Morgan fingerprint density at radius 1 is 1.44 bits per heavy atom. The Bertz CT molecular complexity index is 474. The first-order valence-electron chi connectivity index (χ1n) is 5.21. The van der Waals surface area contributed by atoms with Crippen molar-refractivity contribution in [2.45, 2.75) is 0 Å². The van der Waals surface area contributed by atoms with Crippen molar-refractivity contribution in [2.24, 2.45) is 4.99 Å². The Balaban J connectivity index is 1.90. The summed E-state index contributed by atoms with van der Waals surface area (Å²) in [4.78, 5) is 16.0.